The van der Waals surface area contributed by atoms with Crippen molar-refractivity contribution in [3.05, 3.63) is 43.0 Å². The number of nitrogens with zero attached hydrogens (tertiary/aromatic N) is 1. The van der Waals surface area contributed by atoms with Crippen molar-refractivity contribution in [2.24, 2.45) is 5.73 Å². The molecule has 0 saturated heterocycles. The lowest BCUT2D eigenvalue weighted by Gasteiger charge is -2.05. The predicted octanol–water partition coefficient (Wildman–Crippen LogP) is 1.18. The molecule has 1 rings (SSSR count). The minimum Gasteiger partial charge on any atom is -0.486 e. The Morgan fingerprint density at radius 1 is 1.67 bits per heavy atom. The molecule has 12 heavy (non-hydrogen) atoms. The predicted molar refractivity (Wildman–Crippen MR) is 43.8 cm³/mol. The third kappa shape index (κ3) is 2.16. The van der Waals surface area contributed by atoms with Gasteiger partial charge in [0.1, 0.15) is 24.3 Å². The van der Waals surface area contributed by atoms with Gasteiger partial charge in [-0.05, 0) is 0 Å². The molecule has 0 unspecified atom stereocenters. The highest BCUT2D eigenvalue weighted by Crippen LogP contribution is 2.05. The van der Waals surface area contributed by atoms with E-state index in [0.717, 1.165) is 0 Å². The van der Waals surface area contributed by atoms with Crippen LogP contribution in [0.3, 0.4) is 0 Å². The van der Waals surface area contributed by atoms with E-state index in [0.29, 0.717) is 23.8 Å². The zero-order valence-electron chi connectivity index (χ0n) is 6.62. The van der Waals surface area contributed by atoms with Crippen LogP contribution in [-0.4, -0.2) is 4.98 Å². The molecule has 64 valence electrons. The van der Waals surface area contributed by atoms with E-state index in [1.807, 2.05) is 0 Å². The molecule has 0 radical (unpaired) electrons. The molecule has 4 heteroatoms. The van der Waals surface area contributed by atoms with E-state index in [4.69, 9.17) is 14.9 Å². The average molecular weight is 166 g/mol. The first-order chi connectivity index (χ1) is 5.70. The van der Waals surface area contributed by atoms with Crippen molar-refractivity contribution in [3.8, 4) is 0 Å². The van der Waals surface area contributed by atoms with Gasteiger partial charge >= 0.3 is 0 Å². The number of hydrogen-bond donors (Lipinski definition) is 1. The van der Waals surface area contributed by atoms with Crippen molar-refractivity contribution < 1.29 is 9.15 Å². The van der Waals surface area contributed by atoms with Crippen molar-refractivity contribution >= 4 is 0 Å². The molecule has 1 heterocycles. The SMILES string of the molecule is C=C(N)C(=C)OCc1cocn1. The van der Waals surface area contributed by atoms with E-state index in [1.54, 1.807) is 0 Å². The topological polar surface area (TPSA) is 61.3 Å². The maximum Gasteiger partial charge on any atom is 0.180 e. The number of oxazole rings is 1. The highest BCUT2D eigenvalue weighted by atomic mass is 16.5. The summed E-state index contributed by atoms with van der Waals surface area (Å²) in [7, 11) is 0. The molecule has 0 atom stereocenters. The summed E-state index contributed by atoms with van der Waals surface area (Å²) >= 11 is 0. The van der Waals surface area contributed by atoms with Crippen molar-refractivity contribution in [3.63, 3.8) is 0 Å². The Bertz CT molecular complexity index is 277. The fraction of sp³-hybridized carbons (Fsp3) is 0.125. The van der Waals surface area contributed by atoms with E-state index in [2.05, 4.69) is 18.1 Å². The molecule has 1 aromatic heterocycles. The van der Waals surface area contributed by atoms with Gasteiger partial charge in [0.25, 0.3) is 0 Å². The highest BCUT2D eigenvalue weighted by molar-refractivity contribution is 5.14. The Labute approximate surface area is 70.3 Å². The molecular weight excluding hydrogens is 156 g/mol. The fourth-order valence-corrected chi connectivity index (χ4v) is 0.563. The first kappa shape index (κ1) is 8.39. The fourth-order valence-electron chi connectivity index (χ4n) is 0.563. The van der Waals surface area contributed by atoms with Gasteiger partial charge < -0.3 is 14.9 Å². The van der Waals surface area contributed by atoms with Crippen LogP contribution in [0.4, 0.5) is 0 Å². The summed E-state index contributed by atoms with van der Waals surface area (Å²) in [6.07, 6.45) is 2.82. The zero-order valence-corrected chi connectivity index (χ0v) is 6.62. The van der Waals surface area contributed by atoms with E-state index < -0.39 is 0 Å². The van der Waals surface area contributed by atoms with Crippen LogP contribution in [0.1, 0.15) is 5.69 Å². The van der Waals surface area contributed by atoms with E-state index >= 15 is 0 Å². The summed E-state index contributed by atoms with van der Waals surface area (Å²) in [6.45, 7) is 7.31. The van der Waals surface area contributed by atoms with Gasteiger partial charge in [0.05, 0.1) is 5.70 Å². The van der Waals surface area contributed by atoms with Gasteiger partial charge in [-0.3, -0.25) is 0 Å². The zero-order chi connectivity index (χ0) is 8.97. The van der Waals surface area contributed by atoms with Crippen molar-refractivity contribution in [1.29, 1.82) is 0 Å². The summed E-state index contributed by atoms with van der Waals surface area (Å²) in [5.74, 6) is 0.359. The maximum absolute atomic E-state index is 5.31. The second-order valence-electron chi connectivity index (χ2n) is 2.22. The second-order valence-corrected chi connectivity index (χ2v) is 2.22. The Hall–Kier alpha value is -1.71. The minimum atomic E-state index is 0.297. The standard InChI is InChI=1S/C8H10N2O2/c1-6(9)7(2)12-4-8-3-11-5-10-8/h3,5H,1-2,4,9H2. The molecular formula is C8H10N2O2. The largest absolute Gasteiger partial charge is 0.486 e. The summed E-state index contributed by atoms with van der Waals surface area (Å²) < 4.78 is 9.84. The summed E-state index contributed by atoms with van der Waals surface area (Å²) in [5.41, 5.74) is 6.32. The minimum absolute atomic E-state index is 0.297. The van der Waals surface area contributed by atoms with E-state index in [1.165, 1.54) is 12.7 Å². The number of hydrogen-bond acceptors (Lipinski definition) is 4. The number of aromatic nitrogens is 1. The normalized spacial score (nSPS) is 9.33. The smallest absolute Gasteiger partial charge is 0.180 e. The molecule has 0 bridgehead atoms. The third-order valence-corrected chi connectivity index (χ3v) is 1.24. The van der Waals surface area contributed by atoms with E-state index in [-0.39, 0.29) is 0 Å². The molecule has 1 aromatic rings. The molecule has 0 saturated carbocycles. The summed E-state index contributed by atoms with van der Waals surface area (Å²) in [5, 5.41) is 0. The van der Waals surface area contributed by atoms with Gasteiger partial charge in [0.2, 0.25) is 0 Å². The van der Waals surface area contributed by atoms with Crippen LogP contribution in [0, 0.1) is 0 Å². The number of nitrogens with two attached hydrogens (primary N) is 1. The second kappa shape index (κ2) is 3.61. The van der Waals surface area contributed by atoms with Gasteiger partial charge in [0, 0.05) is 0 Å². The Morgan fingerprint density at radius 3 is 2.92 bits per heavy atom. The molecule has 0 aromatic carbocycles. The third-order valence-electron chi connectivity index (χ3n) is 1.24. The molecule has 0 aliphatic heterocycles. The van der Waals surface area contributed by atoms with Crippen LogP contribution < -0.4 is 5.73 Å². The quantitative estimate of drug-likeness (QED) is 0.539. The molecule has 0 spiro atoms. The van der Waals surface area contributed by atoms with Crippen LogP contribution in [0.25, 0.3) is 0 Å². The van der Waals surface area contributed by atoms with Crippen molar-refractivity contribution in [1.82, 2.24) is 4.98 Å². The molecule has 4 nitrogen and oxygen atoms in total. The lowest BCUT2D eigenvalue weighted by atomic mass is 10.4. The Kier molecular flexibility index (Phi) is 2.53. The van der Waals surface area contributed by atoms with Gasteiger partial charge in [-0.1, -0.05) is 13.2 Å². The molecule has 0 fully saturated rings. The first-order valence-electron chi connectivity index (χ1n) is 3.33. The van der Waals surface area contributed by atoms with Crippen LogP contribution >= 0.6 is 0 Å². The molecule has 0 amide bonds. The van der Waals surface area contributed by atoms with Gasteiger partial charge in [0.15, 0.2) is 6.39 Å². The van der Waals surface area contributed by atoms with Crippen LogP contribution in [0.5, 0.6) is 0 Å². The van der Waals surface area contributed by atoms with Gasteiger partial charge in [-0.25, -0.2) is 4.98 Å². The Balaban J connectivity index is 2.37. The molecule has 0 aliphatic carbocycles. The van der Waals surface area contributed by atoms with Crippen LogP contribution in [0.2, 0.25) is 0 Å². The molecule has 0 aliphatic rings. The summed E-state index contributed by atoms with van der Waals surface area (Å²) in [4.78, 5) is 3.84. The number of ether oxygens (including phenoxy) is 1. The van der Waals surface area contributed by atoms with E-state index in [9.17, 15) is 0 Å². The van der Waals surface area contributed by atoms with Crippen LogP contribution in [0.15, 0.2) is 41.7 Å². The first-order valence-corrected chi connectivity index (χ1v) is 3.33. The van der Waals surface area contributed by atoms with Gasteiger partial charge in [-0.15, -0.1) is 0 Å². The Morgan fingerprint density at radius 2 is 2.42 bits per heavy atom. The average Bonchev–Trinajstić information content (AvgIpc) is 2.51. The monoisotopic (exact) mass is 166 g/mol. The number of rotatable bonds is 4. The summed E-state index contributed by atoms with van der Waals surface area (Å²) in [6, 6.07) is 0. The lowest BCUT2D eigenvalue weighted by Crippen LogP contribution is -2.02. The van der Waals surface area contributed by atoms with Crippen molar-refractivity contribution in [2.75, 3.05) is 0 Å². The van der Waals surface area contributed by atoms with Crippen LogP contribution in [-0.2, 0) is 11.3 Å². The van der Waals surface area contributed by atoms with Gasteiger partial charge in [-0.2, -0.15) is 0 Å². The highest BCUT2D eigenvalue weighted by Gasteiger charge is 1.99. The maximum atomic E-state index is 5.31. The molecule has 2 N–H and O–H groups in total. The van der Waals surface area contributed by atoms with Crippen molar-refractivity contribution in [2.45, 2.75) is 6.61 Å². The lowest BCUT2D eigenvalue weighted by molar-refractivity contribution is 0.204.